The van der Waals surface area contributed by atoms with Crippen LogP contribution in [0, 0.1) is 46.6 Å². The fourth-order valence-corrected chi connectivity index (χ4v) is 2.81. The zero-order chi connectivity index (χ0) is 18.4. The first-order valence-electron chi connectivity index (χ1n) is 8.15. The highest BCUT2D eigenvalue weighted by Crippen LogP contribution is 2.16. The minimum atomic E-state index is -1.44. The zero-order valence-corrected chi connectivity index (χ0v) is 18.2. The maximum absolute atomic E-state index is 3.43. The molecule has 0 aliphatic carbocycles. The zero-order valence-electron chi connectivity index (χ0n) is 16.2. The molecule has 0 saturated heterocycles. The van der Waals surface area contributed by atoms with E-state index in [1.807, 2.05) is 13.8 Å². The molecule has 0 saturated carbocycles. The van der Waals surface area contributed by atoms with Crippen LogP contribution in [-0.4, -0.2) is 16.1 Å². The summed E-state index contributed by atoms with van der Waals surface area (Å²) in [6.07, 6.45) is 0. The molecular formula is C22H26Si2. The summed E-state index contributed by atoms with van der Waals surface area (Å²) >= 11 is 0. The third-order valence-corrected chi connectivity index (χ3v) is 4.57. The molecule has 0 aliphatic rings. The molecule has 1 aromatic rings. The predicted molar refractivity (Wildman–Crippen MR) is 112 cm³/mol. The summed E-state index contributed by atoms with van der Waals surface area (Å²) < 4.78 is 0. The summed E-state index contributed by atoms with van der Waals surface area (Å²) in [5, 5.41) is 0. The fourth-order valence-electron chi connectivity index (χ4n) is 1.79. The van der Waals surface area contributed by atoms with Crippen LogP contribution in [0.25, 0.3) is 0 Å². The SMILES string of the molecule is CC#Cc1cc(C#C[Si](C)(C)C)c(C#CC)cc1C#C[Si](C)(C)C. The first kappa shape index (κ1) is 19.9. The molecule has 0 radical (unpaired) electrons. The van der Waals surface area contributed by atoms with Crippen molar-refractivity contribution in [2.24, 2.45) is 0 Å². The Bertz CT molecular complexity index is 784. The van der Waals surface area contributed by atoms with E-state index in [1.165, 1.54) is 0 Å². The highest BCUT2D eigenvalue weighted by atomic mass is 28.3. The third-order valence-electron chi connectivity index (χ3n) is 2.82. The van der Waals surface area contributed by atoms with Gasteiger partial charge in [-0.05, 0) is 26.0 Å². The van der Waals surface area contributed by atoms with Crippen molar-refractivity contribution in [2.75, 3.05) is 0 Å². The van der Waals surface area contributed by atoms with Crippen LogP contribution in [0.5, 0.6) is 0 Å². The van der Waals surface area contributed by atoms with Crippen LogP contribution in [0.2, 0.25) is 39.3 Å². The average molecular weight is 347 g/mol. The Morgan fingerprint density at radius 1 is 0.542 bits per heavy atom. The van der Waals surface area contributed by atoms with Gasteiger partial charge in [0.1, 0.15) is 16.1 Å². The van der Waals surface area contributed by atoms with Gasteiger partial charge in [-0.1, -0.05) is 63.0 Å². The molecule has 0 fully saturated rings. The van der Waals surface area contributed by atoms with Crippen LogP contribution < -0.4 is 0 Å². The van der Waals surface area contributed by atoms with E-state index in [0.29, 0.717) is 0 Å². The van der Waals surface area contributed by atoms with Crippen molar-refractivity contribution in [3.8, 4) is 46.6 Å². The van der Waals surface area contributed by atoms with Crippen molar-refractivity contribution >= 4 is 16.1 Å². The first-order chi connectivity index (χ1) is 11.1. The molecule has 0 aromatic heterocycles. The smallest absolute Gasteiger partial charge is 0.127 e. The number of benzene rings is 1. The Hall–Kier alpha value is -2.11. The van der Waals surface area contributed by atoms with E-state index < -0.39 is 16.1 Å². The maximum atomic E-state index is 3.43. The highest BCUT2D eigenvalue weighted by molar-refractivity contribution is 6.84. The van der Waals surface area contributed by atoms with Crippen molar-refractivity contribution in [2.45, 2.75) is 53.1 Å². The molecule has 0 unspecified atom stereocenters. The number of rotatable bonds is 0. The molecule has 0 atom stereocenters. The second-order valence-electron chi connectivity index (χ2n) is 7.69. The van der Waals surface area contributed by atoms with Gasteiger partial charge in [0.2, 0.25) is 0 Å². The van der Waals surface area contributed by atoms with Gasteiger partial charge in [0, 0.05) is 22.3 Å². The van der Waals surface area contributed by atoms with Crippen molar-refractivity contribution in [1.82, 2.24) is 0 Å². The second kappa shape index (κ2) is 8.13. The topological polar surface area (TPSA) is 0 Å². The van der Waals surface area contributed by atoms with Crippen molar-refractivity contribution < 1.29 is 0 Å². The van der Waals surface area contributed by atoms with E-state index in [-0.39, 0.29) is 0 Å². The minimum absolute atomic E-state index is 0.949. The van der Waals surface area contributed by atoms with E-state index in [1.54, 1.807) is 0 Å². The highest BCUT2D eigenvalue weighted by Gasteiger charge is 2.11. The van der Waals surface area contributed by atoms with Gasteiger partial charge in [0.15, 0.2) is 0 Å². The molecule has 0 bridgehead atoms. The molecule has 2 heteroatoms. The van der Waals surface area contributed by atoms with Gasteiger partial charge in [0.25, 0.3) is 0 Å². The molecule has 0 heterocycles. The molecule has 0 N–H and O–H groups in total. The second-order valence-corrected chi connectivity index (χ2v) is 17.2. The molecule has 24 heavy (non-hydrogen) atoms. The summed E-state index contributed by atoms with van der Waals surface area (Å²) in [5.74, 6) is 19.0. The summed E-state index contributed by atoms with van der Waals surface area (Å²) in [4.78, 5) is 0. The molecule has 0 nitrogen and oxygen atoms in total. The number of hydrogen-bond donors (Lipinski definition) is 0. The minimum Gasteiger partial charge on any atom is -0.127 e. The van der Waals surface area contributed by atoms with E-state index >= 15 is 0 Å². The standard InChI is InChI=1S/C22H26Si2/c1-9-11-19-17-22(14-16-24(6,7)8)20(12-10-2)18-21(19)13-15-23(3,4)5/h17-18H,1-8H3. The van der Waals surface area contributed by atoms with Gasteiger partial charge in [-0.15, -0.1) is 22.9 Å². The maximum Gasteiger partial charge on any atom is 0.129 e. The Morgan fingerprint density at radius 3 is 1.08 bits per heavy atom. The molecule has 1 rings (SSSR count). The van der Waals surface area contributed by atoms with Crippen LogP contribution >= 0.6 is 0 Å². The van der Waals surface area contributed by atoms with Gasteiger partial charge < -0.3 is 0 Å². The number of hydrogen-bond acceptors (Lipinski definition) is 0. The summed E-state index contributed by atoms with van der Waals surface area (Å²) in [5.41, 5.74) is 10.7. The Kier molecular flexibility index (Phi) is 6.75. The fraction of sp³-hybridized carbons (Fsp3) is 0.364. The molecule has 0 amide bonds. The van der Waals surface area contributed by atoms with Crippen LogP contribution in [0.4, 0.5) is 0 Å². The lowest BCUT2D eigenvalue weighted by Gasteiger charge is -2.07. The summed E-state index contributed by atoms with van der Waals surface area (Å²) in [6.45, 7) is 17.2. The van der Waals surface area contributed by atoms with Gasteiger partial charge in [-0.25, -0.2) is 0 Å². The molecular weight excluding hydrogens is 320 g/mol. The van der Waals surface area contributed by atoms with Gasteiger partial charge in [-0.2, -0.15) is 0 Å². The quantitative estimate of drug-likeness (QED) is 0.463. The third kappa shape index (κ3) is 6.98. The Morgan fingerprint density at radius 2 is 0.833 bits per heavy atom. The van der Waals surface area contributed by atoms with E-state index in [4.69, 9.17) is 0 Å². The van der Waals surface area contributed by atoms with Crippen LogP contribution in [0.1, 0.15) is 36.1 Å². The van der Waals surface area contributed by atoms with Crippen LogP contribution in [-0.2, 0) is 0 Å². The predicted octanol–water partition coefficient (Wildman–Crippen LogP) is 4.89. The van der Waals surface area contributed by atoms with Gasteiger partial charge in [0.05, 0.1) is 0 Å². The van der Waals surface area contributed by atoms with Gasteiger partial charge >= 0.3 is 0 Å². The molecule has 0 aliphatic heterocycles. The molecule has 1 aromatic carbocycles. The normalized spacial score (nSPS) is 10.0. The van der Waals surface area contributed by atoms with Crippen molar-refractivity contribution in [3.63, 3.8) is 0 Å². The summed E-state index contributed by atoms with van der Waals surface area (Å²) in [6, 6.07) is 4.11. The van der Waals surface area contributed by atoms with E-state index in [0.717, 1.165) is 22.3 Å². The van der Waals surface area contributed by atoms with Crippen molar-refractivity contribution in [3.05, 3.63) is 34.4 Å². The molecule has 122 valence electrons. The first-order valence-corrected chi connectivity index (χ1v) is 15.2. The average Bonchev–Trinajstić information content (AvgIpc) is 2.44. The lowest BCUT2D eigenvalue weighted by Crippen LogP contribution is -2.16. The van der Waals surface area contributed by atoms with Crippen LogP contribution in [0.15, 0.2) is 12.1 Å². The molecule has 0 spiro atoms. The Labute approximate surface area is 150 Å². The Balaban J connectivity index is 3.64. The largest absolute Gasteiger partial charge is 0.129 e. The van der Waals surface area contributed by atoms with Gasteiger partial charge in [-0.3, -0.25) is 0 Å². The monoisotopic (exact) mass is 346 g/mol. The van der Waals surface area contributed by atoms with Crippen molar-refractivity contribution in [1.29, 1.82) is 0 Å². The van der Waals surface area contributed by atoms with E-state index in [2.05, 4.69) is 98.0 Å². The lowest BCUT2D eigenvalue weighted by molar-refractivity contribution is 1.51. The lowest BCUT2D eigenvalue weighted by atomic mass is 9.99. The van der Waals surface area contributed by atoms with Crippen LogP contribution in [0.3, 0.4) is 0 Å². The summed E-state index contributed by atoms with van der Waals surface area (Å²) in [7, 11) is -2.89. The van der Waals surface area contributed by atoms with E-state index in [9.17, 15) is 0 Å².